The summed E-state index contributed by atoms with van der Waals surface area (Å²) in [7, 11) is 0. The van der Waals surface area contributed by atoms with Crippen LogP contribution >= 0.6 is 11.6 Å². The summed E-state index contributed by atoms with van der Waals surface area (Å²) in [6, 6.07) is 14.4. The van der Waals surface area contributed by atoms with Crippen LogP contribution in [-0.4, -0.2) is 15.9 Å². The number of hydrogen-bond acceptors (Lipinski definition) is 6. The highest BCUT2D eigenvalue weighted by Crippen LogP contribution is 2.26. The van der Waals surface area contributed by atoms with Gasteiger partial charge in [-0.15, -0.1) is 0 Å². The van der Waals surface area contributed by atoms with Gasteiger partial charge < -0.3 is 11.1 Å². The summed E-state index contributed by atoms with van der Waals surface area (Å²) in [6.45, 7) is 1.98. The Bertz CT molecular complexity index is 946. The van der Waals surface area contributed by atoms with Crippen LogP contribution < -0.4 is 21.9 Å². The lowest BCUT2D eigenvalue weighted by atomic mass is 10.2. The number of carbonyl (C=O) groups excluding carboxylic acids is 1. The van der Waals surface area contributed by atoms with Gasteiger partial charge in [-0.1, -0.05) is 35.9 Å². The van der Waals surface area contributed by atoms with Crippen LogP contribution in [0.25, 0.3) is 0 Å². The van der Waals surface area contributed by atoms with Crippen LogP contribution in [0.4, 0.5) is 23.0 Å². The summed E-state index contributed by atoms with van der Waals surface area (Å²) in [6.07, 6.45) is 1.35. The summed E-state index contributed by atoms with van der Waals surface area (Å²) in [5.74, 6) is 0.360. The Hall–Kier alpha value is -3.32. The molecule has 0 aliphatic carbocycles. The zero-order chi connectivity index (χ0) is 18.5. The van der Waals surface area contributed by atoms with Gasteiger partial charge in [-0.25, -0.2) is 9.97 Å². The molecule has 0 fully saturated rings. The van der Waals surface area contributed by atoms with Crippen molar-refractivity contribution >= 4 is 40.5 Å². The summed E-state index contributed by atoms with van der Waals surface area (Å²) in [4.78, 5) is 20.4. The van der Waals surface area contributed by atoms with Gasteiger partial charge in [0.05, 0.1) is 0 Å². The van der Waals surface area contributed by atoms with E-state index in [1.807, 2.05) is 31.2 Å². The maximum Gasteiger partial charge on any atom is 0.269 e. The van der Waals surface area contributed by atoms with Crippen molar-refractivity contribution in [2.24, 2.45) is 0 Å². The number of para-hydroxylation sites is 1. The monoisotopic (exact) mass is 368 g/mol. The normalized spacial score (nSPS) is 10.2. The average Bonchev–Trinajstić information content (AvgIpc) is 2.64. The Kier molecular flexibility index (Phi) is 5.19. The smallest absolute Gasteiger partial charge is 0.269 e. The Morgan fingerprint density at radius 2 is 1.85 bits per heavy atom. The number of hydrogen-bond donors (Lipinski definition) is 4. The minimum atomic E-state index is -0.362. The maximum atomic E-state index is 12.2. The van der Waals surface area contributed by atoms with Crippen molar-refractivity contribution in [3.05, 3.63) is 71.0 Å². The number of aryl methyl sites for hydroxylation is 1. The Morgan fingerprint density at radius 1 is 1.08 bits per heavy atom. The van der Waals surface area contributed by atoms with E-state index in [1.54, 1.807) is 24.3 Å². The van der Waals surface area contributed by atoms with Crippen molar-refractivity contribution in [1.82, 2.24) is 15.4 Å². The molecule has 0 radical (unpaired) electrons. The molecular weight excluding hydrogens is 352 g/mol. The summed E-state index contributed by atoms with van der Waals surface area (Å²) in [5.41, 5.74) is 14.0. The molecule has 0 atom stereocenters. The van der Waals surface area contributed by atoms with Crippen LogP contribution in [0.3, 0.4) is 0 Å². The molecule has 0 saturated heterocycles. The Balaban J connectivity index is 1.73. The fourth-order valence-electron chi connectivity index (χ4n) is 2.25. The van der Waals surface area contributed by atoms with Gasteiger partial charge in [-0.3, -0.25) is 15.6 Å². The van der Waals surface area contributed by atoms with Gasteiger partial charge in [0.25, 0.3) is 5.91 Å². The third-order valence-corrected chi connectivity index (χ3v) is 3.90. The number of halogens is 1. The molecule has 3 rings (SSSR count). The standard InChI is InChI=1S/C18H17ClN6O/c1-11-5-2-3-8-14(11)23-16-15(20)17(22-10-21-16)24-25-18(26)12-6-4-7-13(19)9-12/h2-10H,20H2,1H3,(H,25,26)(H2,21,22,23,24). The minimum Gasteiger partial charge on any atom is -0.393 e. The molecule has 1 aromatic heterocycles. The molecule has 0 aliphatic rings. The molecule has 8 heteroatoms. The predicted octanol–water partition coefficient (Wildman–Crippen LogP) is 3.52. The first-order valence-corrected chi connectivity index (χ1v) is 8.17. The van der Waals surface area contributed by atoms with E-state index in [2.05, 4.69) is 26.1 Å². The third-order valence-electron chi connectivity index (χ3n) is 3.66. The van der Waals surface area contributed by atoms with Crippen molar-refractivity contribution in [2.75, 3.05) is 16.5 Å². The molecule has 0 saturated carbocycles. The summed E-state index contributed by atoms with van der Waals surface area (Å²) >= 11 is 5.89. The molecule has 132 valence electrons. The summed E-state index contributed by atoms with van der Waals surface area (Å²) in [5, 5.41) is 3.64. The number of carbonyl (C=O) groups is 1. The summed E-state index contributed by atoms with van der Waals surface area (Å²) < 4.78 is 0. The van der Waals surface area contributed by atoms with E-state index in [9.17, 15) is 4.79 Å². The molecule has 7 nitrogen and oxygen atoms in total. The second-order valence-electron chi connectivity index (χ2n) is 5.51. The number of nitrogen functional groups attached to an aromatic ring is 1. The highest BCUT2D eigenvalue weighted by molar-refractivity contribution is 6.30. The average molecular weight is 369 g/mol. The van der Waals surface area contributed by atoms with E-state index >= 15 is 0 Å². The highest BCUT2D eigenvalue weighted by atomic mass is 35.5. The van der Waals surface area contributed by atoms with E-state index in [1.165, 1.54) is 6.33 Å². The predicted molar refractivity (Wildman–Crippen MR) is 103 cm³/mol. The number of nitrogens with one attached hydrogen (secondary N) is 3. The molecule has 5 N–H and O–H groups in total. The maximum absolute atomic E-state index is 12.2. The van der Waals surface area contributed by atoms with Crippen LogP contribution in [0, 0.1) is 6.92 Å². The molecule has 0 spiro atoms. The molecular formula is C18H17ClN6O. The second kappa shape index (κ2) is 7.71. The van der Waals surface area contributed by atoms with Crippen LogP contribution in [0.5, 0.6) is 0 Å². The molecule has 1 heterocycles. The second-order valence-corrected chi connectivity index (χ2v) is 5.95. The molecule has 3 aromatic rings. The lowest BCUT2D eigenvalue weighted by Gasteiger charge is -2.14. The number of rotatable bonds is 5. The molecule has 0 bridgehead atoms. The van der Waals surface area contributed by atoms with E-state index in [-0.39, 0.29) is 17.4 Å². The van der Waals surface area contributed by atoms with Gasteiger partial charge in [0.2, 0.25) is 0 Å². The Morgan fingerprint density at radius 3 is 2.62 bits per heavy atom. The fourth-order valence-corrected chi connectivity index (χ4v) is 2.44. The SMILES string of the molecule is Cc1ccccc1Nc1ncnc(NNC(=O)c2cccc(Cl)c2)c1N. The minimum absolute atomic E-state index is 0.280. The zero-order valence-electron chi connectivity index (χ0n) is 14.0. The number of amides is 1. The van der Waals surface area contributed by atoms with Crippen LogP contribution in [-0.2, 0) is 0 Å². The van der Waals surface area contributed by atoms with E-state index in [0.29, 0.717) is 16.4 Å². The number of benzene rings is 2. The van der Waals surface area contributed by atoms with Gasteiger partial charge in [0.15, 0.2) is 11.6 Å². The number of aromatic nitrogens is 2. The molecule has 0 aliphatic heterocycles. The first-order valence-electron chi connectivity index (χ1n) is 7.79. The third kappa shape index (κ3) is 4.01. The van der Waals surface area contributed by atoms with Gasteiger partial charge in [0.1, 0.15) is 12.0 Å². The van der Waals surface area contributed by atoms with Gasteiger partial charge in [-0.2, -0.15) is 0 Å². The largest absolute Gasteiger partial charge is 0.393 e. The number of nitrogens with zero attached hydrogens (tertiary/aromatic N) is 2. The number of anilines is 4. The van der Waals surface area contributed by atoms with Crippen LogP contribution in [0.1, 0.15) is 15.9 Å². The first kappa shape index (κ1) is 17.5. The van der Waals surface area contributed by atoms with Gasteiger partial charge in [-0.05, 0) is 36.8 Å². The molecule has 26 heavy (non-hydrogen) atoms. The number of nitrogens with two attached hydrogens (primary N) is 1. The topological polar surface area (TPSA) is 105 Å². The van der Waals surface area contributed by atoms with E-state index in [4.69, 9.17) is 17.3 Å². The Labute approximate surface area is 155 Å². The van der Waals surface area contributed by atoms with Gasteiger partial charge in [0, 0.05) is 16.3 Å². The quantitative estimate of drug-likeness (QED) is 0.513. The van der Waals surface area contributed by atoms with E-state index in [0.717, 1.165) is 11.3 Å². The van der Waals surface area contributed by atoms with E-state index < -0.39 is 0 Å². The van der Waals surface area contributed by atoms with Crippen molar-refractivity contribution < 1.29 is 4.79 Å². The van der Waals surface area contributed by atoms with Crippen molar-refractivity contribution in [3.8, 4) is 0 Å². The number of hydrazine groups is 1. The fraction of sp³-hybridized carbons (Fsp3) is 0.0556. The van der Waals surface area contributed by atoms with Crippen molar-refractivity contribution in [3.63, 3.8) is 0 Å². The molecule has 2 aromatic carbocycles. The lowest BCUT2D eigenvalue weighted by Crippen LogP contribution is -2.30. The van der Waals surface area contributed by atoms with Crippen LogP contribution in [0.15, 0.2) is 54.9 Å². The molecule has 1 amide bonds. The van der Waals surface area contributed by atoms with Crippen molar-refractivity contribution in [1.29, 1.82) is 0 Å². The molecule has 0 unspecified atom stereocenters. The van der Waals surface area contributed by atoms with Crippen LogP contribution in [0.2, 0.25) is 5.02 Å². The first-order chi connectivity index (χ1) is 12.5. The highest BCUT2D eigenvalue weighted by Gasteiger charge is 2.11. The van der Waals surface area contributed by atoms with Gasteiger partial charge >= 0.3 is 0 Å². The zero-order valence-corrected chi connectivity index (χ0v) is 14.7. The lowest BCUT2D eigenvalue weighted by molar-refractivity contribution is 0.0962. The van der Waals surface area contributed by atoms with Crippen molar-refractivity contribution in [2.45, 2.75) is 6.92 Å².